The van der Waals surface area contributed by atoms with Gasteiger partial charge in [-0.3, -0.25) is 14.4 Å². The molecular weight excluding hydrogens is 500 g/mol. The summed E-state index contributed by atoms with van der Waals surface area (Å²) in [6.45, 7) is 10.2. The van der Waals surface area contributed by atoms with Crippen LogP contribution in [0.15, 0.2) is 67.0 Å². The van der Waals surface area contributed by atoms with Gasteiger partial charge in [-0.2, -0.15) is 5.10 Å². The lowest BCUT2D eigenvalue weighted by Gasteiger charge is -2.45. The third kappa shape index (κ3) is 5.74. The first-order valence-corrected chi connectivity index (χ1v) is 14.3. The molecule has 3 atom stereocenters. The van der Waals surface area contributed by atoms with Crippen LogP contribution < -0.4 is 5.32 Å². The number of hydrogen-bond donors (Lipinski definition) is 1. The second kappa shape index (κ2) is 11.0. The van der Waals surface area contributed by atoms with Gasteiger partial charge < -0.3 is 10.2 Å². The summed E-state index contributed by atoms with van der Waals surface area (Å²) >= 11 is 0. The number of ketones is 1. The summed E-state index contributed by atoms with van der Waals surface area (Å²) in [7, 11) is 0. The van der Waals surface area contributed by atoms with Gasteiger partial charge in [0.05, 0.1) is 5.69 Å². The molecule has 1 saturated heterocycles. The van der Waals surface area contributed by atoms with Crippen LogP contribution in [0.2, 0.25) is 0 Å². The minimum absolute atomic E-state index is 0.0445. The SMILES string of the molecule is CC(C)C[C@@H]1C(=O)N[C@H](C2Cc3ccccc3C2)C(=O)N1[C@@H](C(=O)CC(C)(C)C)c1ccc(-n2cccn2)cc1. The Kier molecular flexibility index (Phi) is 7.67. The molecule has 1 aromatic heterocycles. The van der Waals surface area contributed by atoms with Crippen molar-refractivity contribution < 1.29 is 14.4 Å². The zero-order valence-electron chi connectivity index (χ0n) is 24.1. The molecule has 40 heavy (non-hydrogen) atoms. The summed E-state index contributed by atoms with van der Waals surface area (Å²) < 4.78 is 1.75. The minimum Gasteiger partial charge on any atom is -0.342 e. The first kappa shape index (κ1) is 27.8. The molecule has 2 aliphatic rings. The van der Waals surface area contributed by atoms with Gasteiger partial charge in [-0.15, -0.1) is 0 Å². The smallest absolute Gasteiger partial charge is 0.247 e. The molecule has 1 N–H and O–H groups in total. The molecule has 1 fully saturated rings. The molecule has 0 saturated carbocycles. The maximum Gasteiger partial charge on any atom is 0.247 e. The molecule has 0 bridgehead atoms. The number of carbonyl (C=O) groups excluding carboxylic acids is 3. The Balaban J connectivity index is 1.55. The Morgan fingerprint density at radius 1 is 1.00 bits per heavy atom. The molecule has 2 aromatic carbocycles. The standard InChI is InChI=1S/C33H40N4O3/c1-21(2)17-27-31(39)35-29(25-18-23-9-6-7-10-24(23)19-25)32(40)37(27)30(28(38)20-33(3,4)5)22-11-13-26(14-12-22)36-16-8-15-34-36/h6-16,21,25,27,29-30H,17-20H2,1-5H3,(H,35,39)/t27-,29-,30-/m1/s1. The number of hydrogen-bond acceptors (Lipinski definition) is 4. The van der Waals surface area contributed by atoms with Crippen molar-refractivity contribution in [1.29, 1.82) is 0 Å². The van der Waals surface area contributed by atoms with E-state index >= 15 is 0 Å². The van der Waals surface area contributed by atoms with Gasteiger partial charge in [-0.1, -0.05) is 71.0 Å². The van der Waals surface area contributed by atoms with Gasteiger partial charge in [0.2, 0.25) is 11.8 Å². The number of fused-ring (bicyclic) bond motifs is 1. The molecule has 0 radical (unpaired) electrons. The van der Waals surface area contributed by atoms with E-state index in [1.54, 1.807) is 15.8 Å². The summed E-state index contributed by atoms with van der Waals surface area (Å²) in [4.78, 5) is 44.0. The van der Waals surface area contributed by atoms with Crippen molar-refractivity contribution >= 4 is 17.6 Å². The van der Waals surface area contributed by atoms with Crippen LogP contribution >= 0.6 is 0 Å². The highest BCUT2D eigenvalue weighted by atomic mass is 16.2. The Hall–Kier alpha value is -3.74. The van der Waals surface area contributed by atoms with Gasteiger partial charge in [-0.25, -0.2) is 4.68 Å². The van der Waals surface area contributed by atoms with Crippen LogP contribution in [0.4, 0.5) is 0 Å². The Bertz CT molecular complexity index is 1350. The van der Waals surface area contributed by atoms with Crippen molar-refractivity contribution in [3.63, 3.8) is 0 Å². The van der Waals surface area contributed by atoms with Crippen LogP contribution in [-0.4, -0.2) is 44.4 Å². The molecule has 5 rings (SSSR count). The zero-order valence-corrected chi connectivity index (χ0v) is 24.1. The molecule has 1 aliphatic carbocycles. The number of aromatic nitrogens is 2. The van der Waals surface area contributed by atoms with E-state index in [1.165, 1.54) is 11.1 Å². The van der Waals surface area contributed by atoms with Gasteiger partial charge >= 0.3 is 0 Å². The fourth-order valence-corrected chi connectivity index (χ4v) is 6.23. The number of nitrogens with one attached hydrogen (secondary N) is 1. The zero-order chi connectivity index (χ0) is 28.6. The summed E-state index contributed by atoms with van der Waals surface area (Å²) in [5, 5.41) is 7.40. The van der Waals surface area contributed by atoms with E-state index in [-0.39, 0.29) is 41.3 Å². The molecule has 3 aromatic rings. The highest BCUT2D eigenvalue weighted by molar-refractivity contribution is 6.00. The van der Waals surface area contributed by atoms with Gasteiger partial charge in [0.1, 0.15) is 18.1 Å². The van der Waals surface area contributed by atoms with Crippen LogP contribution in [-0.2, 0) is 27.2 Å². The predicted molar refractivity (Wildman–Crippen MR) is 155 cm³/mol. The minimum atomic E-state index is -0.848. The second-order valence-electron chi connectivity index (χ2n) is 13.0. The molecule has 7 heteroatoms. The van der Waals surface area contributed by atoms with E-state index in [0.717, 1.165) is 24.1 Å². The van der Waals surface area contributed by atoms with E-state index < -0.39 is 18.1 Å². The average Bonchev–Trinajstić information content (AvgIpc) is 3.57. The van der Waals surface area contributed by atoms with Crippen molar-refractivity contribution in [2.24, 2.45) is 17.3 Å². The van der Waals surface area contributed by atoms with E-state index in [4.69, 9.17) is 0 Å². The van der Waals surface area contributed by atoms with Gasteiger partial charge in [0.25, 0.3) is 0 Å². The van der Waals surface area contributed by atoms with E-state index in [0.29, 0.717) is 6.42 Å². The van der Waals surface area contributed by atoms with E-state index in [9.17, 15) is 14.4 Å². The number of Topliss-reactive ketones (excluding diaryl/α,β-unsaturated/α-hetero) is 1. The van der Waals surface area contributed by atoms with Crippen molar-refractivity contribution in [2.45, 2.75) is 78.4 Å². The van der Waals surface area contributed by atoms with Crippen LogP contribution in [0, 0.1) is 17.3 Å². The van der Waals surface area contributed by atoms with Crippen molar-refractivity contribution in [1.82, 2.24) is 20.0 Å². The predicted octanol–water partition coefficient (Wildman–Crippen LogP) is 5.08. The van der Waals surface area contributed by atoms with Crippen molar-refractivity contribution in [3.8, 4) is 5.69 Å². The largest absolute Gasteiger partial charge is 0.342 e. The summed E-state index contributed by atoms with van der Waals surface area (Å²) in [6.07, 6.45) is 5.81. The summed E-state index contributed by atoms with van der Waals surface area (Å²) in [6, 6.07) is 15.5. The summed E-state index contributed by atoms with van der Waals surface area (Å²) in [5.74, 6) is -0.261. The quantitative estimate of drug-likeness (QED) is 0.432. The maximum absolute atomic E-state index is 14.5. The lowest BCUT2D eigenvalue weighted by atomic mass is 9.83. The Labute approximate surface area is 237 Å². The Morgan fingerprint density at radius 3 is 2.20 bits per heavy atom. The lowest BCUT2D eigenvalue weighted by Crippen LogP contribution is -2.66. The lowest BCUT2D eigenvalue weighted by molar-refractivity contribution is -0.157. The molecule has 2 heterocycles. The van der Waals surface area contributed by atoms with Crippen molar-refractivity contribution in [3.05, 3.63) is 83.7 Å². The van der Waals surface area contributed by atoms with Gasteiger partial charge in [-0.05, 0) is 71.4 Å². The maximum atomic E-state index is 14.5. The second-order valence-corrected chi connectivity index (χ2v) is 13.0. The number of amides is 2. The Morgan fingerprint density at radius 2 is 1.65 bits per heavy atom. The number of benzene rings is 2. The van der Waals surface area contributed by atoms with E-state index in [2.05, 4.69) is 22.5 Å². The highest BCUT2D eigenvalue weighted by Crippen LogP contribution is 2.37. The first-order chi connectivity index (χ1) is 19.0. The highest BCUT2D eigenvalue weighted by Gasteiger charge is 2.49. The van der Waals surface area contributed by atoms with Crippen LogP contribution in [0.25, 0.3) is 5.69 Å². The topological polar surface area (TPSA) is 84.3 Å². The van der Waals surface area contributed by atoms with Crippen LogP contribution in [0.5, 0.6) is 0 Å². The van der Waals surface area contributed by atoms with E-state index in [1.807, 2.05) is 83.3 Å². The monoisotopic (exact) mass is 540 g/mol. The fraction of sp³-hybridized carbons (Fsp3) is 0.455. The third-order valence-corrected chi connectivity index (χ3v) is 7.97. The number of piperazine rings is 1. The normalized spacial score (nSPS) is 20.5. The van der Waals surface area contributed by atoms with Gasteiger partial charge in [0.15, 0.2) is 5.78 Å². The number of rotatable bonds is 8. The molecule has 7 nitrogen and oxygen atoms in total. The average molecular weight is 541 g/mol. The fourth-order valence-electron chi connectivity index (χ4n) is 6.23. The number of nitrogens with zero attached hydrogens (tertiary/aromatic N) is 3. The summed E-state index contributed by atoms with van der Waals surface area (Å²) in [5.41, 5.74) is 3.75. The molecular formula is C33H40N4O3. The van der Waals surface area contributed by atoms with Gasteiger partial charge in [0, 0.05) is 18.8 Å². The third-order valence-electron chi connectivity index (χ3n) is 7.97. The number of carbonyl (C=O) groups is 3. The molecule has 0 spiro atoms. The first-order valence-electron chi connectivity index (χ1n) is 14.3. The molecule has 0 unspecified atom stereocenters. The molecule has 2 amide bonds. The van der Waals surface area contributed by atoms with Crippen LogP contribution in [0.1, 0.15) is 70.2 Å². The van der Waals surface area contributed by atoms with Crippen molar-refractivity contribution in [2.75, 3.05) is 0 Å². The van der Waals surface area contributed by atoms with Crippen LogP contribution in [0.3, 0.4) is 0 Å². The molecule has 1 aliphatic heterocycles. The molecule has 210 valence electrons.